The van der Waals surface area contributed by atoms with Gasteiger partial charge in [0.15, 0.2) is 0 Å². The van der Waals surface area contributed by atoms with Gasteiger partial charge in [-0.2, -0.15) is 0 Å². The van der Waals surface area contributed by atoms with Crippen LogP contribution in [0.3, 0.4) is 0 Å². The zero-order chi connectivity index (χ0) is 19.8. The lowest BCUT2D eigenvalue weighted by molar-refractivity contribution is 0.0437. The number of carbonyl (C=O) groups is 1. The maximum Gasteiger partial charge on any atom is 0.258 e. The summed E-state index contributed by atoms with van der Waals surface area (Å²) >= 11 is 0. The van der Waals surface area contributed by atoms with Gasteiger partial charge in [-0.1, -0.05) is 36.9 Å². The minimum Gasteiger partial charge on any atom is -0.491 e. The fraction of sp³-hybridized carbons (Fsp3) is 0.348. The summed E-state index contributed by atoms with van der Waals surface area (Å²) in [4.78, 5) is 15.1. The van der Waals surface area contributed by atoms with Crippen molar-refractivity contribution in [3.8, 4) is 5.75 Å². The maximum atomic E-state index is 14.8. The zero-order valence-electron chi connectivity index (χ0n) is 16.2. The molecule has 2 aromatic rings. The first kappa shape index (κ1) is 18.7. The molecule has 0 bridgehead atoms. The Balaban J connectivity index is 1.58. The molecule has 1 amide bonds. The first-order chi connectivity index (χ1) is 13.5. The molecule has 0 N–H and O–H groups in total. The van der Waals surface area contributed by atoms with Gasteiger partial charge in [-0.3, -0.25) is 4.79 Å². The summed E-state index contributed by atoms with van der Waals surface area (Å²) in [6.45, 7) is 8.62. The molecule has 0 spiro atoms. The average molecular weight is 381 g/mol. The second-order valence-corrected chi connectivity index (χ2v) is 7.61. The molecular formula is C23H24FNO3. The standard InChI is InChI=1S/C23H24FNO3/c1-14(2)20-21-19(9-15(3)22(20)24)28-13-17-10-18(11-25(17)23(21)26)27-12-16-7-5-4-6-8-16/h4-9,17-18H,1,10-13H2,2-3H3/t17-,18+/m1/s1. The summed E-state index contributed by atoms with van der Waals surface area (Å²) in [7, 11) is 0. The average Bonchev–Trinajstić information content (AvgIpc) is 3.05. The third-order valence-electron chi connectivity index (χ3n) is 5.45. The number of benzene rings is 2. The molecule has 1 fully saturated rings. The van der Waals surface area contributed by atoms with Crippen molar-refractivity contribution in [1.29, 1.82) is 0 Å². The number of hydrogen-bond acceptors (Lipinski definition) is 3. The van der Waals surface area contributed by atoms with Crippen LogP contribution in [0.1, 0.15) is 40.4 Å². The second-order valence-electron chi connectivity index (χ2n) is 7.61. The van der Waals surface area contributed by atoms with Crippen molar-refractivity contribution in [2.45, 2.75) is 39.0 Å². The number of ether oxygens (including phenoxy) is 2. The molecule has 0 unspecified atom stereocenters. The molecule has 0 radical (unpaired) electrons. The zero-order valence-corrected chi connectivity index (χ0v) is 16.2. The van der Waals surface area contributed by atoms with Crippen molar-refractivity contribution in [3.05, 3.63) is 71.0 Å². The van der Waals surface area contributed by atoms with Crippen LogP contribution < -0.4 is 4.74 Å². The van der Waals surface area contributed by atoms with E-state index in [1.165, 1.54) is 0 Å². The van der Waals surface area contributed by atoms with Crippen molar-refractivity contribution in [3.63, 3.8) is 0 Å². The van der Waals surface area contributed by atoms with Gasteiger partial charge in [-0.25, -0.2) is 4.39 Å². The number of halogens is 1. The molecule has 0 saturated carbocycles. The third-order valence-corrected chi connectivity index (χ3v) is 5.45. The van der Waals surface area contributed by atoms with E-state index in [9.17, 15) is 9.18 Å². The maximum absolute atomic E-state index is 14.8. The van der Waals surface area contributed by atoms with Gasteiger partial charge >= 0.3 is 0 Å². The van der Waals surface area contributed by atoms with Gasteiger partial charge in [0.2, 0.25) is 0 Å². The van der Waals surface area contributed by atoms with Crippen LogP contribution in [0.25, 0.3) is 5.57 Å². The lowest BCUT2D eigenvalue weighted by Crippen LogP contribution is -2.37. The minimum absolute atomic E-state index is 0.0668. The SMILES string of the molecule is C=C(C)c1c(F)c(C)cc2c1C(=O)N1C[C@@H](OCc3ccccc3)C[C@@H]1CO2. The van der Waals surface area contributed by atoms with Gasteiger partial charge in [0, 0.05) is 12.1 Å². The van der Waals surface area contributed by atoms with Crippen LogP contribution in [-0.2, 0) is 11.3 Å². The largest absolute Gasteiger partial charge is 0.491 e. The molecule has 5 heteroatoms. The van der Waals surface area contributed by atoms with Crippen molar-refractivity contribution in [2.24, 2.45) is 0 Å². The second kappa shape index (κ2) is 7.40. The van der Waals surface area contributed by atoms with Crippen LogP contribution in [-0.4, -0.2) is 36.1 Å². The van der Waals surface area contributed by atoms with E-state index >= 15 is 0 Å². The van der Waals surface area contributed by atoms with Crippen LogP contribution in [0.2, 0.25) is 0 Å². The van der Waals surface area contributed by atoms with Crippen LogP contribution >= 0.6 is 0 Å². The van der Waals surface area contributed by atoms with Crippen LogP contribution in [0.15, 0.2) is 43.0 Å². The van der Waals surface area contributed by atoms with Crippen LogP contribution in [0, 0.1) is 12.7 Å². The molecule has 28 heavy (non-hydrogen) atoms. The lowest BCUT2D eigenvalue weighted by Gasteiger charge is -2.21. The molecular weight excluding hydrogens is 357 g/mol. The lowest BCUT2D eigenvalue weighted by atomic mass is 9.96. The van der Waals surface area contributed by atoms with Crippen molar-refractivity contribution in [2.75, 3.05) is 13.2 Å². The Morgan fingerprint density at radius 3 is 2.82 bits per heavy atom. The smallest absolute Gasteiger partial charge is 0.258 e. The number of aryl methyl sites for hydroxylation is 1. The monoisotopic (exact) mass is 381 g/mol. The van der Waals surface area contributed by atoms with Crippen molar-refractivity contribution in [1.82, 2.24) is 4.90 Å². The summed E-state index contributed by atoms with van der Waals surface area (Å²) in [6, 6.07) is 11.5. The molecule has 2 atom stereocenters. The Labute approximate surface area is 164 Å². The van der Waals surface area contributed by atoms with Gasteiger partial charge in [-0.15, -0.1) is 0 Å². The molecule has 2 aliphatic rings. The number of nitrogens with zero attached hydrogens (tertiary/aromatic N) is 1. The van der Waals surface area contributed by atoms with Crippen molar-refractivity contribution < 1.29 is 18.7 Å². The highest BCUT2D eigenvalue weighted by Gasteiger charge is 2.41. The van der Waals surface area contributed by atoms with Gasteiger partial charge < -0.3 is 14.4 Å². The molecule has 4 rings (SSSR count). The quantitative estimate of drug-likeness (QED) is 0.790. The van der Waals surface area contributed by atoms with E-state index < -0.39 is 5.82 Å². The van der Waals surface area contributed by atoms with Gasteiger partial charge in [-0.05, 0) is 43.0 Å². The fourth-order valence-electron chi connectivity index (χ4n) is 4.01. The summed E-state index contributed by atoms with van der Waals surface area (Å²) in [5.41, 5.74) is 2.61. The predicted octanol–water partition coefficient (Wildman–Crippen LogP) is 4.36. The Morgan fingerprint density at radius 1 is 1.36 bits per heavy atom. The number of amides is 1. The first-order valence-corrected chi connectivity index (χ1v) is 9.54. The number of hydrogen-bond donors (Lipinski definition) is 0. The van der Waals surface area contributed by atoms with E-state index in [0.717, 1.165) is 5.56 Å². The van der Waals surface area contributed by atoms with E-state index in [0.29, 0.717) is 43.1 Å². The molecule has 0 aromatic heterocycles. The number of rotatable bonds is 4. The Hall–Kier alpha value is -2.66. The van der Waals surface area contributed by atoms with Gasteiger partial charge in [0.05, 0.1) is 24.3 Å². The highest BCUT2D eigenvalue weighted by Crippen LogP contribution is 2.37. The highest BCUT2D eigenvalue weighted by molar-refractivity contribution is 6.02. The van der Waals surface area contributed by atoms with Crippen LogP contribution in [0.4, 0.5) is 4.39 Å². The van der Waals surface area contributed by atoms with E-state index in [-0.39, 0.29) is 29.2 Å². The number of allylic oxidation sites excluding steroid dienone is 1. The Kier molecular flexibility index (Phi) is 4.94. The number of fused-ring (bicyclic) bond motifs is 2. The fourth-order valence-corrected chi connectivity index (χ4v) is 4.01. The van der Waals surface area contributed by atoms with E-state index in [1.54, 1.807) is 24.8 Å². The molecule has 2 heterocycles. The van der Waals surface area contributed by atoms with E-state index in [2.05, 4.69) is 6.58 Å². The van der Waals surface area contributed by atoms with Crippen molar-refractivity contribution >= 4 is 11.5 Å². The molecule has 146 valence electrons. The minimum atomic E-state index is -0.405. The van der Waals surface area contributed by atoms with Crippen LogP contribution in [0.5, 0.6) is 5.75 Å². The van der Waals surface area contributed by atoms with E-state index in [4.69, 9.17) is 9.47 Å². The van der Waals surface area contributed by atoms with E-state index in [1.807, 2.05) is 30.3 Å². The highest BCUT2D eigenvalue weighted by atomic mass is 19.1. The summed E-state index contributed by atoms with van der Waals surface area (Å²) in [5, 5.41) is 0. The van der Waals surface area contributed by atoms with Gasteiger partial charge in [0.1, 0.15) is 18.2 Å². The topological polar surface area (TPSA) is 38.8 Å². The van der Waals surface area contributed by atoms with Gasteiger partial charge in [0.25, 0.3) is 5.91 Å². The molecule has 1 saturated heterocycles. The molecule has 2 aliphatic heterocycles. The first-order valence-electron chi connectivity index (χ1n) is 9.54. The molecule has 0 aliphatic carbocycles. The number of carbonyl (C=O) groups excluding carboxylic acids is 1. The summed E-state index contributed by atoms with van der Waals surface area (Å²) in [6.07, 6.45) is 0.638. The normalized spacial score (nSPS) is 21.0. The molecule has 4 nitrogen and oxygen atoms in total. The summed E-state index contributed by atoms with van der Waals surface area (Å²) < 4.78 is 26.7. The Morgan fingerprint density at radius 2 is 2.11 bits per heavy atom. The predicted molar refractivity (Wildman–Crippen MR) is 106 cm³/mol. The summed E-state index contributed by atoms with van der Waals surface area (Å²) in [5.74, 6) is -0.170. The molecule has 2 aromatic carbocycles. The third kappa shape index (κ3) is 3.31. The Bertz CT molecular complexity index is 925.